The Labute approximate surface area is 174 Å². The Morgan fingerprint density at radius 1 is 0.931 bits per heavy atom. The molecular weight excluding hydrogens is 386 g/mol. The fraction of sp³-hybridized carbons (Fsp3) is 0.318. The van der Waals surface area contributed by atoms with E-state index in [9.17, 15) is 0 Å². The topological polar surface area (TPSA) is 57.0 Å². The Kier molecular flexibility index (Phi) is 4.78. The third-order valence-electron chi connectivity index (χ3n) is 4.61. The van der Waals surface area contributed by atoms with Crippen LogP contribution in [0, 0.1) is 0 Å². The van der Waals surface area contributed by atoms with Gasteiger partial charge in [0.2, 0.25) is 0 Å². The van der Waals surface area contributed by atoms with Gasteiger partial charge in [0.15, 0.2) is 16.5 Å². The Morgan fingerprint density at radius 3 is 2.34 bits per heavy atom. The maximum absolute atomic E-state index is 5.50. The maximum atomic E-state index is 5.50. The highest BCUT2D eigenvalue weighted by Gasteiger charge is 2.23. The summed E-state index contributed by atoms with van der Waals surface area (Å²) in [5.74, 6) is 3.17. The molecule has 2 heterocycles. The number of thiazole rings is 1. The zero-order valence-corrected chi connectivity index (χ0v) is 18.3. The monoisotopic (exact) mass is 411 g/mol. The van der Waals surface area contributed by atoms with Gasteiger partial charge in [0, 0.05) is 11.1 Å². The molecule has 0 aliphatic rings. The van der Waals surface area contributed by atoms with E-state index in [1.165, 1.54) is 0 Å². The minimum Gasteiger partial charge on any atom is -0.497 e. The second kappa shape index (κ2) is 7.15. The van der Waals surface area contributed by atoms with E-state index < -0.39 is 0 Å². The van der Waals surface area contributed by atoms with Crippen LogP contribution in [-0.2, 0) is 0 Å². The number of anilines is 1. The van der Waals surface area contributed by atoms with Gasteiger partial charge in [-0.2, -0.15) is 0 Å². The van der Waals surface area contributed by atoms with Gasteiger partial charge < -0.3 is 19.5 Å². The third kappa shape index (κ3) is 3.46. The molecule has 4 rings (SSSR count). The van der Waals surface area contributed by atoms with Crippen molar-refractivity contribution in [1.29, 1.82) is 0 Å². The van der Waals surface area contributed by atoms with Crippen LogP contribution in [0.2, 0.25) is 0 Å². The number of ether oxygens (including phenoxy) is 3. The number of fused-ring (bicyclic) bond motifs is 3. The number of methoxy groups -OCH3 is 3. The molecule has 0 bridgehead atoms. The molecule has 0 aliphatic heterocycles. The maximum Gasteiger partial charge on any atom is 0.197 e. The summed E-state index contributed by atoms with van der Waals surface area (Å²) in [6.45, 7) is 6.42. The van der Waals surface area contributed by atoms with E-state index in [1.54, 1.807) is 32.7 Å². The molecule has 0 spiro atoms. The van der Waals surface area contributed by atoms with Crippen LogP contribution in [-0.4, -0.2) is 36.3 Å². The van der Waals surface area contributed by atoms with Crippen molar-refractivity contribution in [2.24, 2.45) is 0 Å². The van der Waals surface area contributed by atoms with Gasteiger partial charge in [-0.15, -0.1) is 0 Å². The summed E-state index contributed by atoms with van der Waals surface area (Å²) < 4.78 is 19.6. The molecule has 0 unspecified atom stereocenters. The SMILES string of the molecule is COc1ccc2c(c1)sc1nc(-c3ccc(OC)c(OC)c3)c(NC(C)(C)C)n12. The van der Waals surface area contributed by atoms with Gasteiger partial charge in [-0.3, -0.25) is 4.40 Å². The highest BCUT2D eigenvalue weighted by molar-refractivity contribution is 7.23. The van der Waals surface area contributed by atoms with Gasteiger partial charge in [-0.05, 0) is 57.2 Å². The largest absolute Gasteiger partial charge is 0.497 e. The molecule has 7 heteroatoms. The van der Waals surface area contributed by atoms with Gasteiger partial charge in [0.05, 0.1) is 31.5 Å². The van der Waals surface area contributed by atoms with E-state index in [2.05, 4.69) is 36.6 Å². The summed E-state index contributed by atoms with van der Waals surface area (Å²) in [6.07, 6.45) is 0. The lowest BCUT2D eigenvalue weighted by molar-refractivity contribution is 0.355. The molecule has 0 amide bonds. The van der Waals surface area contributed by atoms with Crippen molar-refractivity contribution in [1.82, 2.24) is 9.38 Å². The molecule has 0 aliphatic carbocycles. The molecular formula is C22H25N3O3S. The van der Waals surface area contributed by atoms with Gasteiger partial charge in [-0.1, -0.05) is 11.3 Å². The average Bonchev–Trinajstić information content (AvgIpc) is 3.22. The van der Waals surface area contributed by atoms with Crippen molar-refractivity contribution in [2.45, 2.75) is 26.3 Å². The zero-order valence-electron chi connectivity index (χ0n) is 17.5. The summed E-state index contributed by atoms with van der Waals surface area (Å²) in [5.41, 5.74) is 2.80. The predicted octanol–water partition coefficient (Wildman–Crippen LogP) is 5.45. The number of benzene rings is 2. The summed E-state index contributed by atoms with van der Waals surface area (Å²) >= 11 is 1.64. The number of imidazole rings is 1. The molecule has 1 N–H and O–H groups in total. The fourth-order valence-electron chi connectivity index (χ4n) is 3.33. The number of nitrogens with zero attached hydrogens (tertiary/aromatic N) is 2. The van der Waals surface area contributed by atoms with Crippen LogP contribution >= 0.6 is 11.3 Å². The summed E-state index contributed by atoms with van der Waals surface area (Å²) in [7, 11) is 4.96. The molecule has 6 nitrogen and oxygen atoms in total. The van der Waals surface area contributed by atoms with Gasteiger partial charge in [-0.25, -0.2) is 4.98 Å². The van der Waals surface area contributed by atoms with E-state index in [0.29, 0.717) is 11.5 Å². The third-order valence-corrected chi connectivity index (χ3v) is 5.61. The molecule has 2 aromatic carbocycles. The average molecular weight is 412 g/mol. The lowest BCUT2D eigenvalue weighted by Gasteiger charge is -2.22. The van der Waals surface area contributed by atoms with Crippen molar-refractivity contribution in [3.8, 4) is 28.5 Å². The van der Waals surface area contributed by atoms with Crippen LogP contribution in [0.3, 0.4) is 0 Å². The molecule has 0 atom stereocenters. The van der Waals surface area contributed by atoms with Crippen LogP contribution in [0.15, 0.2) is 36.4 Å². The van der Waals surface area contributed by atoms with E-state index in [-0.39, 0.29) is 5.54 Å². The van der Waals surface area contributed by atoms with Crippen LogP contribution in [0.5, 0.6) is 17.2 Å². The van der Waals surface area contributed by atoms with Crippen molar-refractivity contribution >= 4 is 32.3 Å². The second-order valence-corrected chi connectivity index (χ2v) is 8.82. The first-order valence-corrected chi connectivity index (χ1v) is 10.2. The minimum atomic E-state index is -0.137. The van der Waals surface area contributed by atoms with Crippen molar-refractivity contribution < 1.29 is 14.2 Å². The number of rotatable bonds is 5. The van der Waals surface area contributed by atoms with Gasteiger partial charge in [0.25, 0.3) is 0 Å². The Bertz CT molecular complexity index is 1190. The molecule has 0 saturated carbocycles. The highest BCUT2D eigenvalue weighted by Crippen LogP contribution is 2.40. The summed E-state index contributed by atoms with van der Waals surface area (Å²) in [6, 6.07) is 12.0. The first-order valence-electron chi connectivity index (χ1n) is 9.34. The van der Waals surface area contributed by atoms with Crippen molar-refractivity contribution in [3.05, 3.63) is 36.4 Å². The Morgan fingerprint density at radius 2 is 1.69 bits per heavy atom. The molecule has 2 aromatic heterocycles. The Balaban J connectivity index is 1.97. The number of aromatic nitrogens is 2. The van der Waals surface area contributed by atoms with E-state index in [4.69, 9.17) is 19.2 Å². The number of hydrogen-bond acceptors (Lipinski definition) is 6. The van der Waals surface area contributed by atoms with Crippen LogP contribution in [0.4, 0.5) is 5.82 Å². The van der Waals surface area contributed by atoms with E-state index in [0.717, 1.165) is 38.0 Å². The molecule has 29 heavy (non-hydrogen) atoms. The quantitative estimate of drug-likeness (QED) is 0.473. The second-order valence-electron chi connectivity index (χ2n) is 7.81. The van der Waals surface area contributed by atoms with Crippen LogP contribution in [0.25, 0.3) is 26.4 Å². The summed E-state index contributed by atoms with van der Waals surface area (Å²) in [5, 5.41) is 3.65. The zero-order chi connectivity index (χ0) is 20.8. The van der Waals surface area contributed by atoms with E-state index >= 15 is 0 Å². The number of hydrogen-bond donors (Lipinski definition) is 1. The van der Waals surface area contributed by atoms with Crippen LogP contribution in [0.1, 0.15) is 20.8 Å². The predicted molar refractivity (Wildman–Crippen MR) is 119 cm³/mol. The molecule has 0 fully saturated rings. The smallest absolute Gasteiger partial charge is 0.197 e. The first-order chi connectivity index (χ1) is 13.8. The lowest BCUT2D eigenvalue weighted by atomic mass is 10.1. The minimum absolute atomic E-state index is 0.137. The Hall–Kier alpha value is -2.93. The van der Waals surface area contributed by atoms with Crippen LogP contribution < -0.4 is 19.5 Å². The normalized spacial score (nSPS) is 11.8. The fourth-order valence-corrected chi connectivity index (χ4v) is 4.39. The molecule has 152 valence electrons. The first kappa shape index (κ1) is 19.4. The lowest BCUT2D eigenvalue weighted by Crippen LogP contribution is -2.27. The molecule has 4 aromatic rings. The molecule has 0 radical (unpaired) electrons. The standard InChI is InChI=1S/C22H25N3O3S/c1-22(2,3)24-20-19(13-7-10-16(27-5)17(11-13)28-6)23-21-25(20)15-9-8-14(26-4)12-18(15)29-21/h7-12,24H,1-6H3. The van der Waals surface area contributed by atoms with Gasteiger partial charge >= 0.3 is 0 Å². The number of nitrogens with one attached hydrogen (secondary N) is 1. The van der Waals surface area contributed by atoms with Crippen molar-refractivity contribution in [2.75, 3.05) is 26.6 Å². The van der Waals surface area contributed by atoms with E-state index in [1.807, 2.05) is 30.3 Å². The summed E-state index contributed by atoms with van der Waals surface area (Å²) in [4.78, 5) is 5.89. The van der Waals surface area contributed by atoms with Crippen molar-refractivity contribution in [3.63, 3.8) is 0 Å². The van der Waals surface area contributed by atoms with Gasteiger partial charge in [0.1, 0.15) is 17.3 Å². The molecule has 0 saturated heterocycles. The highest BCUT2D eigenvalue weighted by atomic mass is 32.1.